The molecule has 0 atom stereocenters. The Hall–Kier alpha value is -2.20. The van der Waals surface area contributed by atoms with Crippen LogP contribution >= 0.6 is 0 Å². The van der Waals surface area contributed by atoms with E-state index in [2.05, 4.69) is 0 Å². The van der Waals surface area contributed by atoms with Gasteiger partial charge in [-0.3, -0.25) is 19.3 Å². The Labute approximate surface area is 113 Å². The largest absolute Gasteiger partial charge is 0.481 e. The number of hydrogen-bond acceptors (Lipinski definition) is 6. The van der Waals surface area contributed by atoms with Gasteiger partial charge in [-0.25, -0.2) is 4.79 Å². The number of carboxylic acids is 4. The zero-order valence-corrected chi connectivity index (χ0v) is 10.9. The van der Waals surface area contributed by atoms with Gasteiger partial charge in [0.25, 0.3) is 0 Å². The molecule has 0 saturated heterocycles. The summed E-state index contributed by atoms with van der Waals surface area (Å²) in [6.45, 7) is 0.111. The highest BCUT2D eigenvalue weighted by atomic mass is 16.4. The van der Waals surface area contributed by atoms with Crippen molar-refractivity contribution in [3.05, 3.63) is 0 Å². The Morgan fingerprint density at radius 2 is 1.20 bits per heavy atom. The predicted molar refractivity (Wildman–Crippen MR) is 63.3 cm³/mol. The van der Waals surface area contributed by atoms with E-state index in [1.807, 2.05) is 0 Å². The summed E-state index contributed by atoms with van der Waals surface area (Å²) in [4.78, 5) is 41.9. The first-order chi connectivity index (χ1) is 8.90. The summed E-state index contributed by atoms with van der Waals surface area (Å²) < 4.78 is 0. The van der Waals surface area contributed by atoms with E-state index in [0.29, 0.717) is 0 Å². The van der Waals surface area contributed by atoms with E-state index in [9.17, 15) is 19.2 Å². The highest BCUT2D eigenvalue weighted by Gasteiger charge is 2.40. The summed E-state index contributed by atoms with van der Waals surface area (Å²) in [5, 5.41) is 41.9. The lowest BCUT2D eigenvalue weighted by Crippen LogP contribution is -2.42. The predicted octanol–water partition coefficient (Wildman–Crippen LogP) is -1.62. The van der Waals surface area contributed by atoms with Crippen LogP contribution in [0.5, 0.6) is 0 Å². The second kappa shape index (κ2) is 8.82. The second-order valence-electron chi connectivity index (χ2n) is 4.11. The van der Waals surface area contributed by atoms with Gasteiger partial charge in [0.1, 0.15) is 0 Å². The Morgan fingerprint density at radius 3 is 1.30 bits per heavy atom. The van der Waals surface area contributed by atoms with Crippen LogP contribution in [-0.4, -0.2) is 80.6 Å². The third-order valence-corrected chi connectivity index (χ3v) is 1.74. The number of nitrogens with zero attached hydrogens (tertiary/aromatic N) is 1. The molecule has 0 rings (SSSR count). The number of aliphatic carboxylic acids is 4. The Balaban J connectivity index is 0. The Bertz CT molecular complexity index is 361. The minimum atomic E-state index is -2.74. The normalized spacial score (nSPS) is 10.4. The molecule has 10 nitrogen and oxygen atoms in total. The fraction of sp³-hybridized carbons (Fsp3) is 0.600. The molecular weight excluding hydrogens is 278 g/mol. The first-order valence-corrected chi connectivity index (χ1v) is 5.16. The summed E-state index contributed by atoms with van der Waals surface area (Å²) >= 11 is 0. The van der Waals surface area contributed by atoms with Crippen LogP contribution in [0.15, 0.2) is 0 Å². The van der Waals surface area contributed by atoms with Crippen LogP contribution in [0.1, 0.15) is 12.8 Å². The summed E-state index contributed by atoms with van der Waals surface area (Å²) in [7, 11) is 3.43. The smallest absolute Gasteiger partial charge is 0.336 e. The van der Waals surface area contributed by atoms with E-state index >= 15 is 0 Å². The average molecular weight is 295 g/mol. The number of aliphatic hydroxyl groups is 1. The lowest BCUT2D eigenvalue weighted by Gasteiger charge is -2.18. The monoisotopic (exact) mass is 295 g/mol. The molecule has 10 heteroatoms. The summed E-state index contributed by atoms with van der Waals surface area (Å²) in [6, 6.07) is 0. The van der Waals surface area contributed by atoms with Gasteiger partial charge in [0, 0.05) is 0 Å². The van der Waals surface area contributed by atoms with Crippen molar-refractivity contribution in [3.63, 3.8) is 0 Å². The quantitative estimate of drug-likeness (QED) is 0.367. The molecule has 0 aromatic rings. The molecule has 0 heterocycles. The molecule has 0 radical (unpaired) electrons. The SMILES string of the molecule is CN(C)CC(=O)O.O=C(O)CC(O)(CC(=O)O)C(=O)O. The minimum absolute atomic E-state index is 0.111. The number of carboxylic acid groups (broad SMARTS) is 4. The van der Waals surface area contributed by atoms with Crippen molar-refractivity contribution >= 4 is 23.9 Å². The van der Waals surface area contributed by atoms with Crippen LogP contribution in [0.2, 0.25) is 0 Å². The van der Waals surface area contributed by atoms with E-state index in [0.717, 1.165) is 0 Å². The number of carbonyl (C=O) groups is 4. The van der Waals surface area contributed by atoms with Crippen molar-refractivity contribution < 1.29 is 44.7 Å². The van der Waals surface area contributed by atoms with Crippen LogP contribution < -0.4 is 0 Å². The third kappa shape index (κ3) is 10.9. The topological polar surface area (TPSA) is 173 Å². The average Bonchev–Trinajstić information content (AvgIpc) is 2.12. The molecule has 0 unspecified atom stereocenters. The van der Waals surface area contributed by atoms with Gasteiger partial charge in [-0.05, 0) is 14.1 Å². The molecule has 0 fully saturated rings. The van der Waals surface area contributed by atoms with Crippen LogP contribution in [0.4, 0.5) is 0 Å². The summed E-state index contributed by atoms with van der Waals surface area (Å²) in [5.74, 6) is -5.81. The highest BCUT2D eigenvalue weighted by Crippen LogP contribution is 2.15. The molecule has 0 saturated carbocycles. The van der Waals surface area contributed by atoms with Crippen molar-refractivity contribution in [1.82, 2.24) is 4.90 Å². The molecule has 0 amide bonds. The Morgan fingerprint density at radius 1 is 0.850 bits per heavy atom. The maximum absolute atomic E-state index is 10.3. The first-order valence-electron chi connectivity index (χ1n) is 5.16. The van der Waals surface area contributed by atoms with Gasteiger partial charge < -0.3 is 25.5 Å². The molecule has 0 aromatic carbocycles. The van der Waals surface area contributed by atoms with Crippen molar-refractivity contribution in [2.45, 2.75) is 18.4 Å². The van der Waals surface area contributed by atoms with Crippen LogP contribution in [0.3, 0.4) is 0 Å². The van der Waals surface area contributed by atoms with Gasteiger partial charge in [0.05, 0.1) is 19.4 Å². The highest BCUT2D eigenvalue weighted by molar-refractivity contribution is 5.88. The standard InChI is InChI=1S/C6H8O7.C4H9NO2/c7-3(8)1-6(13,5(11)12)2-4(9)10;1-5(2)3-4(6)7/h13H,1-2H2,(H,7,8)(H,9,10)(H,11,12);3H2,1-2H3,(H,6,7). The van der Waals surface area contributed by atoms with Gasteiger partial charge in [-0.2, -0.15) is 0 Å². The van der Waals surface area contributed by atoms with Crippen molar-refractivity contribution in [2.75, 3.05) is 20.6 Å². The van der Waals surface area contributed by atoms with E-state index < -0.39 is 42.3 Å². The molecule has 20 heavy (non-hydrogen) atoms. The zero-order valence-electron chi connectivity index (χ0n) is 10.9. The van der Waals surface area contributed by atoms with Gasteiger partial charge in [0.15, 0.2) is 5.60 Å². The van der Waals surface area contributed by atoms with E-state index in [4.69, 9.17) is 25.5 Å². The molecule has 0 bridgehead atoms. The van der Waals surface area contributed by atoms with Crippen LogP contribution in [0.25, 0.3) is 0 Å². The molecule has 0 aliphatic heterocycles. The van der Waals surface area contributed by atoms with Gasteiger partial charge in [-0.1, -0.05) is 0 Å². The molecule has 0 aliphatic carbocycles. The van der Waals surface area contributed by atoms with E-state index in [1.165, 1.54) is 0 Å². The molecule has 0 spiro atoms. The second-order valence-corrected chi connectivity index (χ2v) is 4.11. The Kier molecular flexibility index (Phi) is 8.88. The number of likely N-dealkylation sites (N-methyl/N-ethyl adjacent to an activating group) is 1. The van der Waals surface area contributed by atoms with Gasteiger partial charge in [-0.15, -0.1) is 0 Å². The third-order valence-electron chi connectivity index (χ3n) is 1.74. The molecule has 116 valence electrons. The minimum Gasteiger partial charge on any atom is -0.481 e. The fourth-order valence-electron chi connectivity index (χ4n) is 0.985. The van der Waals surface area contributed by atoms with Crippen LogP contribution in [0, 0.1) is 0 Å². The van der Waals surface area contributed by atoms with E-state index in [1.54, 1.807) is 19.0 Å². The molecule has 0 aromatic heterocycles. The summed E-state index contributed by atoms with van der Waals surface area (Å²) in [6.07, 6.45) is -2.29. The van der Waals surface area contributed by atoms with Gasteiger partial charge in [0.2, 0.25) is 0 Å². The molecule has 0 aliphatic rings. The summed E-state index contributed by atoms with van der Waals surface area (Å²) in [5.41, 5.74) is -2.74. The lowest BCUT2D eigenvalue weighted by molar-refractivity contribution is -0.170. The van der Waals surface area contributed by atoms with Gasteiger partial charge >= 0.3 is 23.9 Å². The number of hydrogen-bond donors (Lipinski definition) is 5. The lowest BCUT2D eigenvalue weighted by atomic mass is 9.96. The van der Waals surface area contributed by atoms with Crippen LogP contribution in [-0.2, 0) is 19.2 Å². The van der Waals surface area contributed by atoms with Crippen molar-refractivity contribution in [2.24, 2.45) is 0 Å². The molecule has 5 N–H and O–H groups in total. The molecular formula is C10H17NO9. The fourth-order valence-corrected chi connectivity index (χ4v) is 0.985. The van der Waals surface area contributed by atoms with Crippen molar-refractivity contribution in [1.29, 1.82) is 0 Å². The first kappa shape index (κ1) is 20.1. The number of rotatable bonds is 7. The zero-order chi connectivity index (χ0) is 16.5. The van der Waals surface area contributed by atoms with Crippen molar-refractivity contribution in [3.8, 4) is 0 Å². The maximum atomic E-state index is 10.3. The maximum Gasteiger partial charge on any atom is 0.336 e. The van der Waals surface area contributed by atoms with E-state index in [-0.39, 0.29) is 6.54 Å².